The summed E-state index contributed by atoms with van der Waals surface area (Å²) in [5.41, 5.74) is 1.12. The van der Waals surface area contributed by atoms with Gasteiger partial charge in [0.05, 0.1) is 30.6 Å². The molecule has 4 heterocycles. The van der Waals surface area contributed by atoms with Crippen LogP contribution in [0.4, 0.5) is 10.3 Å². The second-order valence-electron chi connectivity index (χ2n) is 6.94. The lowest BCUT2D eigenvalue weighted by Gasteiger charge is -2.39. The fourth-order valence-corrected chi connectivity index (χ4v) is 3.87. The Morgan fingerprint density at radius 3 is 3.00 bits per heavy atom. The molecule has 1 spiro atoms. The standard InChI is InChI=1S/C18H22FN5O/c19-15-9-21-17(22-10-15)23-16-7-18(25-12-16)4-2-6-24(13-18)11-14-3-1-5-20-8-14/h1,3,5,8-10,16H,2,4,6-7,11-13H2,(H,21,22,23)/t16-,18-/m1/s1. The van der Waals surface area contributed by atoms with Crippen molar-refractivity contribution in [3.63, 3.8) is 0 Å². The summed E-state index contributed by atoms with van der Waals surface area (Å²) in [4.78, 5) is 14.6. The van der Waals surface area contributed by atoms with Crippen LogP contribution in [0.1, 0.15) is 24.8 Å². The third kappa shape index (κ3) is 3.93. The molecule has 2 atom stereocenters. The molecule has 2 aromatic rings. The smallest absolute Gasteiger partial charge is 0.223 e. The summed E-state index contributed by atoms with van der Waals surface area (Å²) < 4.78 is 19.1. The molecule has 25 heavy (non-hydrogen) atoms. The Labute approximate surface area is 146 Å². The van der Waals surface area contributed by atoms with Gasteiger partial charge in [-0.05, 0) is 31.0 Å². The number of piperidine rings is 1. The first-order chi connectivity index (χ1) is 12.2. The quantitative estimate of drug-likeness (QED) is 0.919. The number of nitrogens with one attached hydrogen (secondary N) is 1. The number of hydrogen-bond donors (Lipinski definition) is 1. The van der Waals surface area contributed by atoms with E-state index in [1.807, 2.05) is 12.3 Å². The van der Waals surface area contributed by atoms with Crippen molar-refractivity contribution in [2.24, 2.45) is 0 Å². The fourth-order valence-electron chi connectivity index (χ4n) is 3.87. The van der Waals surface area contributed by atoms with E-state index in [0.29, 0.717) is 12.6 Å². The molecule has 0 aromatic carbocycles. The topological polar surface area (TPSA) is 63.2 Å². The van der Waals surface area contributed by atoms with Crippen molar-refractivity contribution < 1.29 is 9.13 Å². The van der Waals surface area contributed by atoms with Crippen LogP contribution < -0.4 is 5.32 Å². The maximum Gasteiger partial charge on any atom is 0.223 e. The molecule has 2 aliphatic heterocycles. The van der Waals surface area contributed by atoms with Gasteiger partial charge in [0.25, 0.3) is 0 Å². The summed E-state index contributed by atoms with van der Waals surface area (Å²) in [6, 6.07) is 4.24. The number of pyridine rings is 1. The molecule has 2 aromatic heterocycles. The van der Waals surface area contributed by atoms with E-state index in [1.165, 1.54) is 18.0 Å². The van der Waals surface area contributed by atoms with Crippen LogP contribution in [0.25, 0.3) is 0 Å². The number of nitrogens with zero attached hydrogens (tertiary/aromatic N) is 4. The lowest BCUT2D eigenvalue weighted by Crippen LogP contribution is -2.47. The maximum atomic E-state index is 12.9. The van der Waals surface area contributed by atoms with Crippen LogP contribution in [0, 0.1) is 5.82 Å². The zero-order chi connectivity index (χ0) is 17.1. The van der Waals surface area contributed by atoms with Crippen LogP contribution >= 0.6 is 0 Å². The molecule has 132 valence electrons. The van der Waals surface area contributed by atoms with Gasteiger partial charge in [0.2, 0.25) is 5.95 Å². The maximum absolute atomic E-state index is 12.9. The van der Waals surface area contributed by atoms with Gasteiger partial charge in [-0.2, -0.15) is 0 Å². The lowest BCUT2D eigenvalue weighted by atomic mass is 9.88. The number of halogens is 1. The van der Waals surface area contributed by atoms with E-state index in [9.17, 15) is 4.39 Å². The van der Waals surface area contributed by atoms with Gasteiger partial charge in [0, 0.05) is 31.9 Å². The number of aromatic nitrogens is 3. The van der Waals surface area contributed by atoms with Crippen molar-refractivity contribution in [3.05, 3.63) is 48.3 Å². The first-order valence-corrected chi connectivity index (χ1v) is 8.70. The van der Waals surface area contributed by atoms with Crippen molar-refractivity contribution in [2.75, 3.05) is 25.0 Å². The molecule has 0 unspecified atom stereocenters. The number of anilines is 1. The van der Waals surface area contributed by atoms with E-state index in [1.54, 1.807) is 6.20 Å². The van der Waals surface area contributed by atoms with Crippen LogP contribution in [0.15, 0.2) is 36.9 Å². The summed E-state index contributed by atoms with van der Waals surface area (Å²) in [7, 11) is 0. The second kappa shape index (κ2) is 7.01. The normalized spacial score (nSPS) is 26.8. The monoisotopic (exact) mass is 343 g/mol. The van der Waals surface area contributed by atoms with Crippen LogP contribution in [0.3, 0.4) is 0 Å². The molecular weight excluding hydrogens is 321 g/mol. The van der Waals surface area contributed by atoms with Gasteiger partial charge in [0.1, 0.15) is 0 Å². The Hall–Kier alpha value is -2.12. The first-order valence-electron chi connectivity index (χ1n) is 8.70. The van der Waals surface area contributed by atoms with Gasteiger partial charge in [0.15, 0.2) is 5.82 Å². The molecule has 0 saturated carbocycles. The van der Waals surface area contributed by atoms with Crippen molar-refractivity contribution in [2.45, 2.75) is 37.5 Å². The highest BCUT2D eigenvalue weighted by Gasteiger charge is 2.43. The number of hydrogen-bond acceptors (Lipinski definition) is 6. The molecule has 1 N–H and O–H groups in total. The third-order valence-electron chi connectivity index (χ3n) is 4.91. The van der Waals surface area contributed by atoms with Gasteiger partial charge in [-0.25, -0.2) is 14.4 Å². The highest BCUT2D eigenvalue weighted by Crippen LogP contribution is 2.35. The number of ether oxygens (including phenoxy) is 1. The molecule has 0 bridgehead atoms. The molecule has 2 aliphatic rings. The van der Waals surface area contributed by atoms with Crippen LogP contribution in [-0.4, -0.2) is 51.2 Å². The minimum atomic E-state index is -0.428. The lowest BCUT2D eigenvalue weighted by molar-refractivity contribution is -0.0533. The summed E-state index contributed by atoms with van der Waals surface area (Å²) >= 11 is 0. The second-order valence-corrected chi connectivity index (χ2v) is 6.94. The zero-order valence-electron chi connectivity index (χ0n) is 14.1. The van der Waals surface area contributed by atoms with Crippen molar-refractivity contribution in [1.29, 1.82) is 0 Å². The minimum absolute atomic E-state index is 0.113. The molecule has 2 saturated heterocycles. The predicted octanol–water partition coefficient (Wildman–Crippen LogP) is 2.25. The van der Waals surface area contributed by atoms with Gasteiger partial charge < -0.3 is 10.1 Å². The molecule has 4 rings (SSSR count). The summed E-state index contributed by atoms with van der Waals surface area (Å²) in [5.74, 6) is 0.0260. The Kier molecular flexibility index (Phi) is 4.59. The van der Waals surface area contributed by atoms with E-state index < -0.39 is 5.82 Å². The van der Waals surface area contributed by atoms with E-state index in [-0.39, 0.29) is 11.6 Å². The molecule has 6 nitrogen and oxygen atoms in total. The van der Waals surface area contributed by atoms with Crippen molar-refractivity contribution >= 4 is 5.95 Å². The Balaban J connectivity index is 1.36. The molecule has 0 aliphatic carbocycles. The molecule has 0 radical (unpaired) electrons. The van der Waals surface area contributed by atoms with Gasteiger partial charge >= 0.3 is 0 Å². The molecule has 7 heteroatoms. The van der Waals surface area contributed by atoms with Gasteiger partial charge in [-0.1, -0.05) is 6.07 Å². The Morgan fingerprint density at radius 2 is 2.20 bits per heavy atom. The summed E-state index contributed by atoms with van der Waals surface area (Å²) in [5, 5.41) is 3.26. The predicted molar refractivity (Wildman–Crippen MR) is 91.4 cm³/mol. The average Bonchev–Trinajstić information content (AvgIpc) is 3.00. The molecule has 2 fully saturated rings. The summed E-state index contributed by atoms with van der Waals surface area (Å²) in [6.45, 7) is 3.53. The third-order valence-corrected chi connectivity index (χ3v) is 4.91. The van der Waals surface area contributed by atoms with E-state index in [4.69, 9.17) is 4.74 Å². The Morgan fingerprint density at radius 1 is 1.32 bits per heavy atom. The van der Waals surface area contributed by atoms with Crippen LogP contribution in [-0.2, 0) is 11.3 Å². The van der Waals surface area contributed by atoms with Crippen LogP contribution in [0.5, 0.6) is 0 Å². The molecular formula is C18H22FN5O. The number of rotatable bonds is 4. The number of likely N-dealkylation sites (tertiary alicyclic amines) is 1. The minimum Gasteiger partial charge on any atom is -0.371 e. The van der Waals surface area contributed by atoms with Crippen molar-refractivity contribution in [3.8, 4) is 0 Å². The van der Waals surface area contributed by atoms with Crippen LogP contribution in [0.2, 0.25) is 0 Å². The zero-order valence-corrected chi connectivity index (χ0v) is 14.1. The Bertz CT molecular complexity index is 698. The van der Waals surface area contributed by atoms with E-state index in [2.05, 4.69) is 31.2 Å². The molecule has 0 amide bonds. The average molecular weight is 343 g/mol. The first kappa shape index (κ1) is 16.4. The fraction of sp³-hybridized carbons (Fsp3) is 0.500. The largest absolute Gasteiger partial charge is 0.371 e. The highest BCUT2D eigenvalue weighted by atomic mass is 19.1. The highest BCUT2D eigenvalue weighted by molar-refractivity contribution is 5.26. The van der Waals surface area contributed by atoms with E-state index in [0.717, 1.165) is 38.9 Å². The van der Waals surface area contributed by atoms with Crippen molar-refractivity contribution in [1.82, 2.24) is 19.9 Å². The van der Waals surface area contributed by atoms with E-state index >= 15 is 0 Å². The summed E-state index contributed by atoms with van der Waals surface area (Å²) in [6.07, 6.45) is 9.19. The van der Waals surface area contributed by atoms with Gasteiger partial charge in [-0.15, -0.1) is 0 Å². The van der Waals surface area contributed by atoms with Gasteiger partial charge in [-0.3, -0.25) is 9.88 Å². The SMILES string of the molecule is Fc1cnc(N[C@H]2CO[C@]3(CCCN(Cc4cccnc4)C3)C2)nc1.